The molecule has 1 aromatic heterocycles. The Balaban J connectivity index is 2.49. The van der Waals surface area contributed by atoms with Crippen LogP contribution in [0.15, 0.2) is 36.5 Å². The zero-order valence-corrected chi connectivity index (χ0v) is 9.12. The molecule has 1 heterocycles. The molecular formula is C12H11ClN2. The molecule has 2 nitrogen and oxygen atoms in total. The van der Waals surface area contributed by atoms with Gasteiger partial charge in [0.05, 0.1) is 22.6 Å². The summed E-state index contributed by atoms with van der Waals surface area (Å²) < 4.78 is 0. The van der Waals surface area contributed by atoms with E-state index in [0.29, 0.717) is 10.7 Å². The van der Waals surface area contributed by atoms with E-state index >= 15 is 0 Å². The second-order valence-electron chi connectivity index (χ2n) is 3.46. The van der Waals surface area contributed by atoms with Crippen LogP contribution >= 0.6 is 11.6 Å². The van der Waals surface area contributed by atoms with Crippen molar-refractivity contribution in [3.63, 3.8) is 0 Å². The van der Waals surface area contributed by atoms with E-state index in [1.807, 2.05) is 37.3 Å². The first kappa shape index (κ1) is 9.99. The topological polar surface area (TPSA) is 38.9 Å². The van der Waals surface area contributed by atoms with E-state index in [0.717, 1.165) is 16.8 Å². The van der Waals surface area contributed by atoms with Crippen molar-refractivity contribution in [2.24, 2.45) is 0 Å². The van der Waals surface area contributed by atoms with Gasteiger partial charge >= 0.3 is 0 Å². The lowest BCUT2D eigenvalue weighted by Crippen LogP contribution is -1.89. The van der Waals surface area contributed by atoms with Crippen molar-refractivity contribution < 1.29 is 0 Å². The maximum absolute atomic E-state index is 6.13. The first-order chi connectivity index (χ1) is 7.16. The van der Waals surface area contributed by atoms with Crippen LogP contribution in [0.25, 0.3) is 11.3 Å². The normalized spacial score (nSPS) is 10.3. The molecule has 0 bridgehead atoms. The van der Waals surface area contributed by atoms with Gasteiger partial charge < -0.3 is 5.73 Å². The lowest BCUT2D eigenvalue weighted by molar-refractivity contribution is 1.32. The number of benzene rings is 1. The molecule has 0 aliphatic carbocycles. The number of nitrogens with two attached hydrogens (primary N) is 1. The predicted octanol–water partition coefficient (Wildman–Crippen LogP) is 3.29. The van der Waals surface area contributed by atoms with Crippen molar-refractivity contribution in [2.75, 3.05) is 5.73 Å². The molecule has 0 atom stereocenters. The number of pyridine rings is 1. The zero-order chi connectivity index (χ0) is 10.8. The number of hydrogen-bond donors (Lipinski definition) is 1. The second-order valence-corrected chi connectivity index (χ2v) is 3.87. The summed E-state index contributed by atoms with van der Waals surface area (Å²) in [7, 11) is 0. The monoisotopic (exact) mass is 218 g/mol. The standard InChI is InChI=1S/C12H11ClN2/c1-8-2-4-10(11(13)6-8)12-5-3-9(14)7-15-12/h2-7H,14H2,1H3. The summed E-state index contributed by atoms with van der Waals surface area (Å²) in [6.45, 7) is 2.01. The van der Waals surface area contributed by atoms with Crippen molar-refractivity contribution >= 4 is 17.3 Å². The number of nitrogens with zero attached hydrogens (tertiary/aromatic N) is 1. The first-order valence-corrected chi connectivity index (χ1v) is 5.02. The second kappa shape index (κ2) is 3.91. The van der Waals surface area contributed by atoms with E-state index in [-0.39, 0.29) is 0 Å². The summed E-state index contributed by atoms with van der Waals surface area (Å²) in [5.74, 6) is 0. The average Bonchev–Trinajstić information content (AvgIpc) is 2.20. The van der Waals surface area contributed by atoms with Crippen LogP contribution in [0.5, 0.6) is 0 Å². The van der Waals surface area contributed by atoms with Crippen LogP contribution in [0.1, 0.15) is 5.56 Å². The van der Waals surface area contributed by atoms with E-state index in [2.05, 4.69) is 4.98 Å². The van der Waals surface area contributed by atoms with Gasteiger partial charge in [0.25, 0.3) is 0 Å². The number of halogens is 1. The molecule has 0 fully saturated rings. The number of anilines is 1. The quantitative estimate of drug-likeness (QED) is 0.798. The highest BCUT2D eigenvalue weighted by atomic mass is 35.5. The molecule has 15 heavy (non-hydrogen) atoms. The van der Waals surface area contributed by atoms with Crippen LogP contribution in [-0.2, 0) is 0 Å². The molecule has 0 unspecified atom stereocenters. The summed E-state index contributed by atoms with van der Waals surface area (Å²) in [5, 5.41) is 0.715. The van der Waals surface area contributed by atoms with Crippen molar-refractivity contribution in [1.82, 2.24) is 4.98 Å². The largest absolute Gasteiger partial charge is 0.397 e. The van der Waals surface area contributed by atoms with E-state index < -0.39 is 0 Å². The first-order valence-electron chi connectivity index (χ1n) is 4.65. The van der Waals surface area contributed by atoms with Crippen molar-refractivity contribution in [1.29, 1.82) is 0 Å². The molecule has 0 aliphatic heterocycles. The van der Waals surface area contributed by atoms with Gasteiger partial charge in [-0.15, -0.1) is 0 Å². The maximum atomic E-state index is 6.13. The summed E-state index contributed by atoms with van der Waals surface area (Å²) in [4.78, 5) is 4.23. The number of aromatic nitrogens is 1. The molecule has 0 saturated carbocycles. The van der Waals surface area contributed by atoms with Crippen molar-refractivity contribution in [3.8, 4) is 11.3 Å². The highest BCUT2D eigenvalue weighted by Crippen LogP contribution is 2.27. The number of rotatable bonds is 1. The Bertz CT molecular complexity index is 477. The predicted molar refractivity (Wildman–Crippen MR) is 63.8 cm³/mol. The highest BCUT2D eigenvalue weighted by molar-refractivity contribution is 6.33. The van der Waals surface area contributed by atoms with Gasteiger partial charge in [-0.3, -0.25) is 4.98 Å². The van der Waals surface area contributed by atoms with Crippen LogP contribution in [-0.4, -0.2) is 4.98 Å². The van der Waals surface area contributed by atoms with Gasteiger partial charge in [-0.25, -0.2) is 0 Å². The van der Waals surface area contributed by atoms with Crippen LogP contribution in [0.3, 0.4) is 0 Å². The van der Waals surface area contributed by atoms with Gasteiger partial charge in [0.1, 0.15) is 0 Å². The number of aryl methyl sites for hydroxylation is 1. The molecule has 2 N–H and O–H groups in total. The molecule has 0 saturated heterocycles. The van der Waals surface area contributed by atoms with Crippen LogP contribution in [0.4, 0.5) is 5.69 Å². The molecule has 3 heteroatoms. The third-order valence-corrected chi connectivity index (χ3v) is 2.50. The Labute approximate surface area is 93.7 Å². The molecular weight excluding hydrogens is 208 g/mol. The number of nitrogen functional groups attached to an aromatic ring is 1. The van der Waals surface area contributed by atoms with Gasteiger partial charge in [-0.05, 0) is 30.7 Å². The molecule has 76 valence electrons. The van der Waals surface area contributed by atoms with Gasteiger partial charge in [0.2, 0.25) is 0 Å². The minimum absolute atomic E-state index is 0.655. The molecule has 2 rings (SSSR count). The smallest absolute Gasteiger partial charge is 0.0718 e. The molecule has 1 aromatic carbocycles. The maximum Gasteiger partial charge on any atom is 0.0718 e. The fraction of sp³-hybridized carbons (Fsp3) is 0.0833. The minimum Gasteiger partial charge on any atom is -0.397 e. The molecule has 0 spiro atoms. The van der Waals surface area contributed by atoms with Crippen LogP contribution in [0, 0.1) is 6.92 Å². The SMILES string of the molecule is Cc1ccc(-c2ccc(N)cn2)c(Cl)c1. The van der Waals surface area contributed by atoms with Crippen LogP contribution < -0.4 is 5.73 Å². The summed E-state index contributed by atoms with van der Waals surface area (Å²) in [6.07, 6.45) is 1.63. The van der Waals surface area contributed by atoms with E-state index in [4.69, 9.17) is 17.3 Å². The molecule has 0 aliphatic rings. The van der Waals surface area contributed by atoms with Crippen LogP contribution in [0.2, 0.25) is 5.02 Å². The number of hydrogen-bond acceptors (Lipinski definition) is 2. The fourth-order valence-corrected chi connectivity index (χ4v) is 1.72. The minimum atomic E-state index is 0.655. The molecule has 0 amide bonds. The Hall–Kier alpha value is -1.54. The Morgan fingerprint density at radius 3 is 2.60 bits per heavy atom. The Morgan fingerprint density at radius 1 is 1.20 bits per heavy atom. The van der Waals surface area contributed by atoms with Gasteiger partial charge in [-0.2, -0.15) is 0 Å². The van der Waals surface area contributed by atoms with Gasteiger partial charge in [-0.1, -0.05) is 23.7 Å². The van der Waals surface area contributed by atoms with E-state index in [9.17, 15) is 0 Å². The van der Waals surface area contributed by atoms with E-state index in [1.54, 1.807) is 6.20 Å². The lowest BCUT2D eigenvalue weighted by Gasteiger charge is -2.04. The third-order valence-electron chi connectivity index (χ3n) is 2.19. The Kier molecular flexibility index (Phi) is 2.60. The molecule has 2 aromatic rings. The third kappa shape index (κ3) is 2.10. The van der Waals surface area contributed by atoms with Gasteiger partial charge in [0.15, 0.2) is 0 Å². The highest BCUT2D eigenvalue weighted by Gasteiger charge is 2.04. The summed E-state index contributed by atoms with van der Waals surface area (Å²) in [6, 6.07) is 9.59. The zero-order valence-electron chi connectivity index (χ0n) is 8.37. The van der Waals surface area contributed by atoms with Gasteiger partial charge in [0, 0.05) is 5.56 Å². The molecule has 0 radical (unpaired) electrons. The summed E-state index contributed by atoms with van der Waals surface area (Å²) >= 11 is 6.13. The average molecular weight is 219 g/mol. The Morgan fingerprint density at radius 2 is 2.00 bits per heavy atom. The fourth-order valence-electron chi connectivity index (χ4n) is 1.39. The lowest BCUT2D eigenvalue weighted by atomic mass is 10.1. The van der Waals surface area contributed by atoms with Crippen molar-refractivity contribution in [2.45, 2.75) is 6.92 Å². The van der Waals surface area contributed by atoms with Crippen molar-refractivity contribution in [3.05, 3.63) is 47.1 Å². The summed E-state index contributed by atoms with van der Waals surface area (Å²) in [5.41, 5.74) is 9.14. The van der Waals surface area contributed by atoms with E-state index in [1.165, 1.54) is 0 Å².